The van der Waals surface area contributed by atoms with Crippen molar-refractivity contribution in [3.05, 3.63) is 63.2 Å². The molecule has 29 heavy (non-hydrogen) atoms. The summed E-state index contributed by atoms with van der Waals surface area (Å²) in [7, 11) is 0. The molecule has 0 fully saturated rings. The number of hydrogen-bond donors (Lipinski definition) is 0. The zero-order valence-corrected chi connectivity index (χ0v) is 16.5. The lowest BCUT2D eigenvalue weighted by Crippen LogP contribution is -2.23. The molecule has 9 heteroatoms. The van der Waals surface area contributed by atoms with Gasteiger partial charge in [0.15, 0.2) is 17.3 Å². The van der Waals surface area contributed by atoms with Crippen LogP contribution in [-0.4, -0.2) is 32.2 Å². The lowest BCUT2D eigenvalue weighted by Gasteiger charge is -2.10. The minimum atomic E-state index is -0.431. The lowest BCUT2D eigenvalue weighted by atomic mass is 10.2. The first kappa shape index (κ1) is 18.8. The molecule has 4 rings (SSSR count). The van der Waals surface area contributed by atoms with Gasteiger partial charge in [0.05, 0.1) is 11.1 Å². The summed E-state index contributed by atoms with van der Waals surface area (Å²) in [5.74, 6) is 0.793. The van der Waals surface area contributed by atoms with E-state index in [1.807, 2.05) is 13.0 Å². The van der Waals surface area contributed by atoms with E-state index >= 15 is 0 Å². The van der Waals surface area contributed by atoms with Crippen LogP contribution >= 0.6 is 11.3 Å². The van der Waals surface area contributed by atoms with Gasteiger partial charge in [0.25, 0.3) is 5.56 Å². The standard InChI is InChI=1S/C20H16N4O4S/c1-3-27-16-9-13(6-7-15(16)28-12(2)25)10-17-19(26)24-20(29-17)22-18(23-24)14-5-4-8-21-11-14/h4-11H,3H2,1-2H3/b17-10+. The predicted octanol–water partition coefficient (Wildman–Crippen LogP) is 2.08. The summed E-state index contributed by atoms with van der Waals surface area (Å²) in [5, 5.41) is 4.30. The number of ether oxygens (including phenoxy) is 2. The van der Waals surface area contributed by atoms with Gasteiger partial charge in [-0.1, -0.05) is 17.4 Å². The van der Waals surface area contributed by atoms with Crippen LogP contribution in [0.1, 0.15) is 19.4 Å². The Kier molecular flexibility index (Phi) is 5.05. The van der Waals surface area contributed by atoms with Gasteiger partial charge in [0.2, 0.25) is 4.96 Å². The van der Waals surface area contributed by atoms with Gasteiger partial charge in [-0.15, -0.1) is 5.10 Å². The maximum absolute atomic E-state index is 12.7. The quantitative estimate of drug-likeness (QED) is 0.368. The van der Waals surface area contributed by atoms with E-state index in [9.17, 15) is 9.59 Å². The van der Waals surface area contributed by atoms with Gasteiger partial charge in [-0.3, -0.25) is 14.6 Å². The molecule has 4 aromatic rings. The number of benzene rings is 1. The number of aromatic nitrogens is 4. The number of fused-ring (bicyclic) bond motifs is 1. The molecule has 8 nitrogen and oxygen atoms in total. The molecule has 0 atom stereocenters. The Morgan fingerprint density at radius 1 is 1.28 bits per heavy atom. The Hall–Kier alpha value is -3.59. The zero-order valence-electron chi connectivity index (χ0n) is 15.7. The summed E-state index contributed by atoms with van der Waals surface area (Å²) in [4.78, 5) is 32.9. The highest BCUT2D eigenvalue weighted by atomic mass is 32.1. The van der Waals surface area contributed by atoms with Crippen LogP contribution in [0.4, 0.5) is 0 Å². The highest BCUT2D eigenvalue weighted by Gasteiger charge is 2.13. The maximum Gasteiger partial charge on any atom is 0.308 e. The van der Waals surface area contributed by atoms with Crippen molar-refractivity contribution in [2.24, 2.45) is 0 Å². The summed E-state index contributed by atoms with van der Waals surface area (Å²) >= 11 is 1.24. The van der Waals surface area contributed by atoms with Crippen molar-refractivity contribution in [3.8, 4) is 22.9 Å². The molecular formula is C20H16N4O4S. The number of carbonyl (C=O) groups excluding carboxylic acids is 1. The highest BCUT2D eigenvalue weighted by molar-refractivity contribution is 7.15. The minimum absolute atomic E-state index is 0.255. The molecule has 0 amide bonds. The first-order chi connectivity index (χ1) is 14.0. The second kappa shape index (κ2) is 7.80. The Bertz CT molecular complexity index is 1300. The molecule has 0 saturated carbocycles. The maximum atomic E-state index is 12.7. The van der Waals surface area contributed by atoms with Crippen LogP contribution in [0.5, 0.6) is 11.5 Å². The van der Waals surface area contributed by atoms with Gasteiger partial charge in [0, 0.05) is 24.9 Å². The van der Waals surface area contributed by atoms with Gasteiger partial charge in [-0.05, 0) is 42.8 Å². The van der Waals surface area contributed by atoms with Gasteiger partial charge in [-0.25, -0.2) is 0 Å². The van der Waals surface area contributed by atoms with Crippen molar-refractivity contribution in [3.63, 3.8) is 0 Å². The number of thiazole rings is 1. The molecule has 0 aliphatic heterocycles. The van der Waals surface area contributed by atoms with Crippen LogP contribution in [0.2, 0.25) is 0 Å². The second-order valence-corrected chi connectivity index (χ2v) is 7.03. The number of esters is 1. The summed E-state index contributed by atoms with van der Waals surface area (Å²) in [5.41, 5.74) is 1.23. The van der Waals surface area contributed by atoms with Gasteiger partial charge in [-0.2, -0.15) is 9.50 Å². The highest BCUT2D eigenvalue weighted by Crippen LogP contribution is 2.29. The molecule has 0 bridgehead atoms. The molecule has 0 unspecified atom stereocenters. The van der Waals surface area contributed by atoms with Crippen molar-refractivity contribution in [2.45, 2.75) is 13.8 Å². The smallest absolute Gasteiger partial charge is 0.308 e. The molecule has 0 saturated heterocycles. The third kappa shape index (κ3) is 3.85. The van der Waals surface area contributed by atoms with E-state index in [2.05, 4.69) is 15.1 Å². The van der Waals surface area contributed by atoms with Gasteiger partial charge >= 0.3 is 5.97 Å². The topological polar surface area (TPSA) is 95.7 Å². The molecule has 3 aromatic heterocycles. The van der Waals surface area contributed by atoms with E-state index in [1.165, 1.54) is 22.8 Å². The van der Waals surface area contributed by atoms with E-state index in [0.29, 0.717) is 33.4 Å². The van der Waals surface area contributed by atoms with Crippen molar-refractivity contribution in [1.82, 2.24) is 19.6 Å². The molecule has 0 spiro atoms. The zero-order chi connectivity index (χ0) is 20.4. The summed E-state index contributed by atoms with van der Waals surface area (Å²) in [6.07, 6.45) is 5.04. The summed E-state index contributed by atoms with van der Waals surface area (Å²) < 4.78 is 12.5. The van der Waals surface area contributed by atoms with E-state index in [0.717, 1.165) is 11.1 Å². The molecule has 1 aromatic carbocycles. The number of hydrogen-bond acceptors (Lipinski definition) is 8. The van der Waals surface area contributed by atoms with E-state index in [-0.39, 0.29) is 5.56 Å². The SMILES string of the molecule is CCOc1cc(/C=c2/sc3nc(-c4cccnc4)nn3c2=O)ccc1OC(C)=O. The van der Waals surface area contributed by atoms with Gasteiger partial charge < -0.3 is 9.47 Å². The van der Waals surface area contributed by atoms with Gasteiger partial charge in [0.1, 0.15) is 0 Å². The number of rotatable bonds is 5. The molecular weight excluding hydrogens is 392 g/mol. The molecule has 146 valence electrons. The first-order valence-electron chi connectivity index (χ1n) is 8.82. The normalized spacial score (nSPS) is 11.7. The third-order valence-corrected chi connectivity index (χ3v) is 4.88. The first-order valence-corrected chi connectivity index (χ1v) is 9.63. The van der Waals surface area contributed by atoms with Crippen LogP contribution in [0.15, 0.2) is 47.5 Å². The van der Waals surface area contributed by atoms with Crippen molar-refractivity contribution < 1.29 is 14.3 Å². The average molecular weight is 408 g/mol. The summed E-state index contributed by atoms with van der Waals surface area (Å²) in [6.45, 7) is 3.58. The predicted molar refractivity (Wildman–Crippen MR) is 108 cm³/mol. The van der Waals surface area contributed by atoms with Crippen molar-refractivity contribution in [1.29, 1.82) is 0 Å². The Morgan fingerprint density at radius 2 is 2.14 bits per heavy atom. The number of carbonyl (C=O) groups is 1. The fourth-order valence-corrected chi connectivity index (χ4v) is 3.63. The van der Waals surface area contributed by atoms with Crippen LogP contribution in [0.25, 0.3) is 22.4 Å². The molecule has 0 radical (unpaired) electrons. The minimum Gasteiger partial charge on any atom is -0.490 e. The van der Waals surface area contributed by atoms with E-state index in [4.69, 9.17) is 9.47 Å². The van der Waals surface area contributed by atoms with E-state index < -0.39 is 5.97 Å². The molecule has 3 heterocycles. The molecule has 0 aliphatic rings. The van der Waals surface area contributed by atoms with Crippen molar-refractivity contribution in [2.75, 3.05) is 6.61 Å². The fraction of sp³-hybridized carbons (Fsp3) is 0.150. The van der Waals surface area contributed by atoms with Crippen LogP contribution in [0, 0.1) is 0 Å². The number of pyridine rings is 1. The molecule has 0 aliphatic carbocycles. The van der Waals surface area contributed by atoms with E-state index in [1.54, 1.807) is 42.7 Å². The van der Waals surface area contributed by atoms with Crippen LogP contribution < -0.4 is 19.6 Å². The molecule has 0 N–H and O–H groups in total. The van der Waals surface area contributed by atoms with Crippen molar-refractivity contribution >= 4 is 28.3 Å². The largest absolute Gasteiger partial charge is 0.490 e. The number of nitrogens with zero attached hydrogens (tertiary/aromatic N) is 4. The Labute approximate surface area is 169 Å². The lowest BCUT2D eigenvalue weighted by molar-refractivity contribution is -0.132. The van der Waals surface area contributed by atoms with Crippen LogP contribution in [0.3, 0.4) is 0 Å². The Morgan fingerprint density at radius 3 is 2.83 bits per heavy atom. The third-order valence-electron chi connectivity index (χ3n) is 3.92. The fourth-order valence-electron chi connectivity index (χ4n) is 2.72. The monoisotopic (exact) mass is 408 g/mol. The average Bonchev–Trinajstić information content (AvgIpc) is 3.24. The second-order valence-electron chi connectivity index (χ2n) is 6.02. The Balaban J connectivity index is 1.73. The summed E-state index contributed by atoms with van der Waals surface area (Å²) in [6, 6.07) is 8.73. The van der Waals surface area contributed by atoms with Crippen LogP contribution in [-0.2, 0) is 4.79 Å².